The van der Waals surface area contributed by atoms with E-state index < -0.39 is 17.5 Å². The van der Waals surface area contributed by atoms with Gasteiger partial charge in [0.15, 0.2) is 0 Å². The fourth-order valence-electron chi connectivity index (χ4n) is 5.34. The Kier molecular flexibility index (Phi) is 9.94. The molecule has 0 aliphatic rings. The predicted molar refractivity (Wildman–Crippen MR) is 178 cm³/mol. The standard InChI is InChI=1S/C35H33FIN3O4/c1-3-44-32-18-14-26(20-27(32)21-34(41)42)29-17-13-24(19-23(29)2)7-6-10-33-38-40(28-15-11-25(22-37)12-16-28)35(43)39(33)31-9-5-4-8-30(31)36/h4-5,8-9,11-20H,3,6-7,10,21-22H2,1-2H3,(H,41,42). The fourth-order valence-corrected chi connectivity index (χ4v) is 5.85. The number of benzene rings is 4. The van der Waals surface area contributed by atoms with E-state index in [0.29, 0.717) is 42.3 Å². The average molecular weight is 706 g/mol. The molecule has 0 unspecified atom stereocenters. The highest BCUT2D eigenvalue weighted by atomic mass is 127. The Labute approximate surface area is 269 Å². The number of carbonyl (C=O) groups is 1. The Balaban J connectivity index is 1.38. The summed E-state index contributed by atoms with van der Waals surface area (Å²) < 4.78 is 24.1. The molecule has 0 atom stereocenters. The molecule has 1 N–H and O–H groups in total. The summed E-state index contributed by atoms with van der Waals surface area (Å²) in [6, 6.07) is 25.8. The van der Waals surface area contributed by atoms with Crippen molar-refractivity contribution in [3.05, 3.63) is 129 Å². The maximum Gasteiger partial charge on any atom is 0.355 e. The maximum absolute atomic E-state index is 14.9. The van der Waals surface area contributed by atoms with Gasteiger partial charge in [0.2, 0.25) is 0 Å². The summed E-state index contributed by atoms with van der Waals surface area (Å²) in [5.74, 6) is -0.314. The van der Waals surface area contributed by atoms with Crippen LogP contribution in [0.25, 0.3) is 22.5 Å². The zero-order valence-corrected chi connectivity index (χ0v) is 26.8. The minimum absolute atomic E-state index is 0.113. The van der Waals surface area contributed by atoms with E-state index in [1.807, 2.05) is 62.4 Å². The normalized spacial score (nSPS) is 11.1. The third kappa shape index (κ3) is 6.93. The van der Waals surface area contributed by atoms with E-state index in [0.717, 1.165) is 38.7 Å². The minimum Gasteiger partial charge on any atom is -0.494 e. The Morgan fingerprint density at radius 2 is 1.73 bits per heavy atom. The first-order valence-electron chi connectivity index (χ1n) is 14.5. The van der Waals surface area contributed by atoms with Crippen molar-refractivity contribution in [1.82, 2.24) is 14.3 Å². The molecule has 0 radical (unpaired) electrons. The summed E-state index contributed by atoms with van der Waals surface area (Å²) >= 11 is 2.29. The monoisotopic (exact) mass is 705 g/mol. The summed E-state index contributed by atoms with van der Waals surface area (Å²) in [5, 5.41) is 14.0. The third-order valence-electron chi connectivity index (χ3n) is 7.44. The molecule has 0 fully saturated rings. The van der Waals surface area contributed by atoms with Crippen LogP contribution in [0.15, 0.2) is 89.7 Å². The summed E-state index contributed by atoms with van der Waals surface area (Å²) in [5.41, 5.74) is 6.32. The molecule has 44 heavy (non-hydrogen) atoms. The van der Waals surface area contributed by atoms with E-state index in [4.69, 9.17) is 4.74 Å². The molecule has 1 heterocycles. The smallest absolute Gasteiger partial charge is 0.355 e. The highest BCUT2D eigenvalue weighted by Crippen LogP contribution is 2.30. The first-order valence-corrected chi connectivity index (χ1v) is 16.0. The summed E-state index contributed by atoms with van der Waals surface area (Å²) in [6.45, 7) is 4.37. The highest BCUT2D eigenvalue weighted by molar-refractivity contribution is 14.1. The quantitative estimate of drug-likeness (QED) is 0.109. The largest absolute Gasteiger partial charge is 0.494 e. The first-order chi connectivity index (χ1) is 21.3. The Morgan fingerprint density at radius 1 is 0.977 bits per heavy atom. The van der Waals surface area contributed by atoms with Crippen LogP contribution in [0, 0.1) is 12.7 Å². The van der Waals surface area contributed by atoms with Crippen molar-refractivity contribution >= 4 is 28.6 Å². The summed E-state index contributed by atoms with van der Waals surface area (Å²) in [7, 11) is 0. The Morgan fingerprint density at radius 3 is 2.41 bits per heavy atom. The van der Waals surface area contributed by atoms with Crippen LogP contribution < -0.4 is 10.4 Å². The van der Waals surface area contributed by atoms with Gasteiger partial charge in [-0.2, -0.15) is 4.68 Å². The van der Waals surface area contributed by atoms with Gasteiger partial charge in [-0.15, -0.1) is 5.10 Å². The lowest BCUT2D eigenvalue weighted by molar-refractivity contribution is -0.136. The number of alkyl halides is 1. The molecule has 0 saturated heterocycles. The number of halogens is 2. The molecule has 7 nitrogen and oxygen atoms in total. The molecule has 0 saturated carbocycles. The van der Waals surface area contributed by atoms with Crippen LogP contribution >= 0.6 is 22.6 Å². The van der Waals surface area contributed by atoms with Crippen LogP contribution in [0.2, 0.25) is 0 Å². The number of hydrogen-bond donors (Lipinski definition) is 1. The molecular weight excluding hydrogens is 672 g/mol. The van der Waals surface area contributed by atoms with E-state index in [9.17, 15) is 19.1 Å². The number of nitrogens with zero attached hydrogens (tertiary/aromatic N) is 3. The molecule has 0 bridgehead atoms. The van der Waals surface area contributed by atoms with Gasteiger partial charge in [-0.1, -0.05) is 71.1 Å². The van der Waals surface area contributed by atoms with Crippen molar-refractivity contribution in [1.29, 1.82) is 0 Å². The van der Waals surface area contributed by atoms with Crippen LogP contribution in [-0.4, -0.2) is 32.0 Å². The number of rotatable bonds is 12. The van der Waals surface area contributed by atoms with Crippen molar-refractivity contribution in [3.8, 4) is 28.3 Å². The predicted octanol–water partition coefficient (Wildman–Crippen LogP) is 7.27. The molecule has 0 aliphatic carbocycles. The van der Waals surface area contributed by atoms with Gasteiger partial charge in [-0.25, -0.2) is 13.8 Å². The van der Waals surface area contributed by atoms with E-state index in [1.165, 1.54) is 15.3 Å². The Bertz CT molecular complexity index is 1850. The minimum atomic E-state index is -0.908. The van der Waals surface area contributed by atoms with Gasteiger partial charge in [0.05, 0.1) is 24.4 Å². The van der Waals surface area contributed by atoms with Crippen molar-refractivity contribution in [2.24, 2.45) is 0 Å². The fraction of sp³-hybridized carbons (Fsp3) is 0.229. The van der Waals surface area contributed by atoms with E-state index in [2.05, 4.69) is 39.8 Å². The number of carboxylic acids is 1. The van der Waals surface area contributed by atoms with Crippen molar-refractivity contribution in [3.63, 3.8) is 0 Å². The zero-order chi connectivity index (χ0) is 31.2. The van der Waals surface area contributed by atoms with Crippen LogP contribution in [0.3, 0.4) is 0 Å². The van der Waals surface area contributed by atoms with Crippen molar-refractivity contribution < 1.29 is 19.0 Å². The number of aryl methyl sites for hydroxylation is 3. The zero-order valence-electron chi connectivity index (χ0n) is 24.6. The molecule has 5 rings (SSSR count). The molecule has 0 aliphatic heterocycles. The van der Waals surface area contributed by atoms with Gasteiger partial charge in [-0.3, -0.25) is 4.79 Å². The summed E-state index contributed by atoms with van der Waals surface area (Å²) in [4.78, 5) is 25.0. The molecule has 9 heteroatoms. The molecule has 0 spiro atoms. The lowest BCUT2D eigenvalue weighted by atomic mass is 9.95. The number of ether oxygens (including phenoxy) is 1. The second kappa shape index (κ2) is 14.0. The molecular formula is C35H33FIN3O4. The molecule has 0 amide bonds. The maximum atomic E-state index is 14.9. The van der Waals surface area contributed by atoms with E-state index >= 15 is 0 Å². The highest BCUT2D eigenvalue weighted by Gasteiger charge is 2.19. The molecule has 4 aromatic carbocycles. The second-order valence-electron chi connectivity index (χ2n) is 10.5. The lowest BCUT2D eigenvalue weighted by Gasteiger charge is -2.13. The first kappa shape index (κ1) is 31.2. The van der Waals surface area contributed by atoms with Crippen LogP contribution in [-0.2, 0) is 28.5 Å². The second-order valence-corrected chi connectivity index (χ2v) is 11.3. The van der Waals surface area contributed by atoms with Crippen LogP contribution in [0.1, 0.15) is 41.4 Å². The third-order valence-corrected chi connectivity index (χ3v) is 8.33. The van der Waals surface area contributed by atoms with Gasteiger partial charge in [0.1, 0.15) is 17.4 Å². The number of para-hydroxylation sites is 1. The van der Waals surface area contributed by atoms with Gasteiger partial charge in [-0.05, 0) is 90.9 Å². The van der Waals surface area contributed by atoms with Gasteiger partial charge >= 0.3 is 11.7 Å². The SMILES string of the molecule is CCOc1ccc(-c2ccc(CCCc3nn(-c4ccc(CI)cc4)c(=O)n3-c3ccccc3F)cc2C)cc1CC(=O)O. The van der Waals surface area contributed by atoms with Crippen molar-refractivity contribution in [2.45, 2.75) is 44.0 Å². The number of carboxylic acid groups (broad SMARTS) is 1. The van der Waals surface area contributed by atoms with Gasteiger partial charge in [0, 0.05) is 16.4 Å². The number of aromatic nitrogens is 3. The topological polar surface area (TPSA) is 86.4 Å². The molecule has 5 aromatic rings. The van der Waals surface area contributed by atoms with Gasteiger partial charge in [0.25, 0.3) is 0 Å². The number of aliphatic carboxylic acids is 1. The van der Waals surface area contributed by atoms with E-state index in [1.54, 1.807) is 18.2 Å². The van der Waals surface area contributed by atoms with Gasteiger partial charge < -0.3 is 9.84 Å². The molecule has 226 valence electrons. The molecule has 1 aromatic heterocycles. The van der Waals surface area contributed by atoms with Crippen LogP contribution in [0.5, 0.6) is 5.75 Å². The Hall–Kier alpha value is -4.25. The van der Waals surface area contributed by atoms with E-state index in [-0.39, 0.29) is 12.1 Å². The van der Waals surface area contributed by atoms with Crippen LogP contribution in [0.4, 0.5) is 4.39 Å². The summed E-state index contributed by atoms with van der Waals surface area (Å²) in [6.07, 6.45) is 1.79. The lowest BCUT2D eigenvalue weighted by Crippen LogP contribution is -2.24. The average Bonchev–Trinajstić information content (AvgIpc) is 3.33. The van der Waals surface area contributed by atoms with Crippen molar-refractivity contribution in [2.75, 3.05) is 6.61 Å². The number of hydrogen-bond acceptors (Lipinski definition) is 4.